The summed E-state index contributed by atoms with van der Waals surface area (Å²) in [6, 6.07) is 10.7. The Bertz CT molecular complexity index is 675. The van der Waals surface area contributed by atoms with E-state index in [9.17, 15) is 4.39 Å². The second-order valence-electron chi connectivity index (χ2n) is 5.81. The molecular formula is C18H21ClFN3S. The third kappa shape index (κ3) is 4.97. The second-order valence-corrected chi connectivity index (χ2v) is 6.22. The number of nitrogens with one attached hydrogen (secondary N) is 1. The third-order valence-electron chi connectivity index (χ3n) is 4.04. The maximum atomic E-state index is 14.1. The number of thiocarbonyl (C=S) groups is 1. The molecule has 0 radical (unpaired) electrons. The van der Waals surface area contributed by atoms with Crippen LogP contribution in [-0.4, -0.2) is 28.0 Å². The lowest BCUT2D eigenvalue weighted by molar-refractivity contribution is 0.218. The van der Waals surface area contributed by atoms with E-state index in [-0.39, 0.29) is 18.2 Å². The normalized spacial score (nSPS) is 14.7. The Labute approximate surface area is 153 Å². The Morgan fingerprint density at radius 1 is 1.17 bits per heavy atom. The minimum atomic E-state index is -0.162. The highest BCUT2D eigenvalue weighted by molar-refractivity contribution is 7.81. The molecule has 2 heterocycles. The van der Waals surface area contributed by atoms with Crippen molar-refractivity contribution in [2.45, 2.75) is 25.8 Å². The maximum absolute atomic E-state index is 14.1. The van der Waals surface area contributed by atoms with Gasteiger partial charge in [-0.25, -0.2) is 4.39 Å². The largest absolute Gasteiger partial charge is 0.345 e. The molecule has 3 rings (SSSR count). The highest BCUT2D eigenvalue weighted by Gasteiger charge is 2.13. The number of aromatic nitrogens is 1. The third-order valence-corrected chi connectivity index (χ3v) is 4.35. The standard InChI is InChI=1S/C18H20FN3S.ClH/c19-16-8-7-15(21-18(23)17-6-2-3-9-20-17)12-14(16)13-22-10-4-1-5-11-22;/h2-3,6-9,12H,1,4-5,10-11,13H2,(H,21,23);1H. The summed E-state index contributed by atoms with van der Waals surface area (Å²) in [6.07, 6.45) is 5.38. The molecule has 0 aliphatic carbocycles. The van der Waals surface area contributed by atoms with Gasteiger partial charge in [0.05, 0.1) is 5.69 Å². The van der Waals surface area contributed by atoms with E-state index in [1.54, 1.807) is 12.3 Å². The molecule has 0 amide bonds. The first-order valence-electron chi connectivity index (χ1n) is 7.95. The van der Waals surface area contributed by atoms with Gasteiger partial charge in [-0.3, -0.25) is 9.88 Å². The van der Waals surface area contributed by atoms with Crippen molar-refractivity contribution >= 4 is 35.3 Å². The molecule has 1 aliphatic rings. The lowest BCUT2D eigenvalue weighted by atomic mass is 10.1. The minimum absolute atomic E-state index is 0. The van der Waals surface area contributed by atoms with Crippen LogP contribution in [0.25, 0.3) is 0 Å². The van der Waals surface area contributed by atoms with Crippen LogP contribution in [0.1, 0.15) is 30.5 Å². The molecule has 0 bridgehead atoms. The van der Waals surface area contributed by atoms with Crippen LogP contribution in [-0.2, 0) is 6.54 Å². The van der Waals surface area contributed by atoms with Crippen molar-refractivity contribution in [1.29, 1.82) is 0 Å². The lowest BCUT2D eigenvalue weighted by Gasteiger charge is -2.26. The summed E-state index contributed by atoms with van der Waals surface area (Å²) in [6.45, 7) is 2.74. The summed E-state index contributed by atoms with van der Waals surface area (Å²) in [5, 5.41) is 3.15. The molecule has 2 aromatic rings. The average molecular weight is 366 g/mol. The van der Waals surface area contributed by atoms with Crippen LogP contribution >= 0.6 is 24.6 Å². The van der Waals surface area contributed by atoms with E-state index in [4.69, 9.17) is 12.2 Å². The number of pyridine rings is 1. The zero-order valence-electron chi connectivity index (χ0n) is 13.4. The smallest absolute Gasteiger partial charge is 0.129 e. The van der Waals surface area contributed by atoms with Gasteiger partial charge in [0.25, 0.3) is 0 Å². The highest BCUT2D eigenvalue weighted by Crippen LogP contribution is 2.19. The van der Waals surface area contributed by atoms with E-state index < -0.39 is 0 Å². The minimum Gasteiger partial charge on any atom is -0.345 e. The number of halogens is 2. The predicted molar refractivity (Wildman–Crippen MR) is 102 cm³/mol. The lowest BCUT2D eigenvalue weighted by Crippen LogP contribution is -2.29. The number of piperidine rings is 1. The molecule has 0 atom stereocenters. The second kappa shape index (κ2) is 9.06. The van der Waals surface area contributed by atoms with Crippen molar-refractivity contribution in [1.82, 2.24) is 9.88 Å². The van der Waals surface area contributed by atoms with Gasteiger partial charge in [0, 0.05) is 24.0 Å². The number of likely N-dealkylation sites (tertiary alicyclic amines) is 1. The van der Waals surface area contributed by atoms with Crippen molar-refractivity contribution in [3.05, 3.63) is 59.7 Å². The molecule has 1 fully saturated rings. The molecule has 0 unspecified atom stereocenters. The van der Waals surface area contributed by atoms with Gasteiger partial charge >= 0.3 is 0 Å². The summed E-state index contributed by atoms with van der Waals surface area (Å²) in [7, 11) is 0. The van der Waals surface area contributed by atoms with Gasteiger partial charge in [-0.15, -0.1) is 12.4 Å². The SMILES string of the molecule is Cl.Fc1ccc(NC(=S)c2ccccn2)cc1CN1CCCCC1. The van der Waals surface area contributed by atoms with Gasteiger partial charge in [0.15, 0.2) is 0 Å². The Kier molecular flexibility index (Phi) is 7.09. The first kappa shape index (κ1) is 18.8. The van der Waals surface area contributed by atoms with Crippen molar-refractivity contribution in [2.24, 2.45) is 0 Å². The molecule has 1 N–H and O–H groups in total. The van der Waals surface area contributed by atoms with Crippen molar-refractivity contribution in [2.75, 3.05) is 18.4 Å². The summed E-state index contributed by atoms with van der Waals surface area (Å²) in [5.41, 5.74) is 2.22. The maximum Gasteiger partial charge on any atom is 0.129 e. The quantitative estimate of drug-likeness (QED) is 0.812. The molecule has 1 aromatic heterocycles. The molecule has 24 heavy (non-hydrogen) atoms. The highest BCUT2D eigenvalue weighted by atomic mass is 35.5. The molecule has 1 saturated heterocycles. The summed E-state index contributed by atoms with van der Waals surface area (Å²) in [4.78, 5) is 7.07. The molecule has 1 aliphatic heterocycles. The van der Waals surface area contributed by atoms with E-state index in [1.165, 1.54) is 25.3 Å². The molecule has 6 heteroatoms. The van der Waals surface area contributed by atoms with E-state index in [0.717, 1.165) is 18.8 Å². The number of anilines is 1. The van der Waals surface area contributed by atoms with Gasteiger partial charge < -0.3 is 5.32 Å². The fraction of sp³-hybridized carbons (Fsp3) is 0.333. The van der Waals surface area contributed by atoms with E-state index in [1.807, 2.05) is 24.3 Å². The number of benzene rings is 1. The van der Waals surface area contributed by atoms with Gasteiger partial charge in [0.1, 0.15) is 10.8 Å². The number of nitrogens with zero attached hydrogens (tertiary/aromatic N) is 2. The molecule has 0 saturated carbocycles. The zero-order chi connectivity index (χ0) is 16.1. The topological polar surface area (TPSA) is 28.2 Å². The van der Waals surface area contributed by atoms with Crippen LogP contribution in [0, 0.1) is 5.82 Å². The van der Waals surface area contributed by atoms with Gasteiger partial charge in [-0.05, 0) is 56.3 Å². The van der Waals surface area contributed by atoms with E-state index in [0.29, 0.717) is 22.8 Å². The van der Waals surface area contributed by atoms with Crippen molar-refractivity contribution < 1.29 is 4.39 Å². The van der Waals surface area contributed by atoms with E-state index in [2.05, 4.69) is 15.2 Å². The molecular weight excluding hydrogens is 345 g/mol. The summed E-state index contributed by atoms with van der Waals surface area (Å²) in [5.74, 6) is -0.162. The zero-order valence-corrected chi connectivity index (χ0v) is 15.0. The Balaban J connectivity index is 0.00000208. The van der Waals surface area contributed by atoms with Crippen LogP contribution in [0.5, 0.6) is 0 Å². The molecule has 0 spiro atoms. The first-order chi connectivity index (χ1) is 11.2. The summed E-state index contributed by atoms with van der Waals surface area (Å²) >= 11 is 5.36. The first-order valence-corrected chi connectivity index (χ1v) is 8.36. The van der Waals surface area contributed by atoms with Crippen molar-refractivity contribution in [3.8, 4) is 0 Å². The number of hydrogen-bond donors (Lipinski definition) is 1. The molecule has 3 nitrogen and oxygen atoms in total. The van der Waals surface area contributed by atoms with Crippen LogP contribution in [0.3, 0.4) is 0 Å². The van der Waals surface area contributed by atoms with Crippen LogP contribution in [0.2, 0.25) is 0 Å². The van der Waals surface area contributed by atoms with Crippen LogP contribution in [0.4, 0.5) is 10.1 Å². The monoisotopic (exact) mass is 365 g/mol. The van der Waals surface area contributed by atoms with Crippen molar-refractivity contribution in [3.63, 3.8) is 0 Å². The Morgan fingerprint density at radius 3 is 2.67 bits per heavy atom. The number of hydrogen-bond acceptors (Lipinski definition) is 3. The van der Waals surface area contributed by atoms with Gasteiger partial charge in [-0.2, -0.15) is 0 Å². The molecule has 1 aromatic carbocycles. The predicted octanol–water partition coefficient (Wildman–Crippen LogP) is 4.42. The fourth-order valence-electron chi connectivity index (χ4n) is 2.82. The van der Waals surface area contributed by atoms with Crippen LogP contribution in [0.15, 0.2) is 42.6 Å². The Hall–Kier alpha value is -1.56. The number of rotatable bonds is 4. The average Bonchev–Trinajstić information content (AvgIpc) is 2.59. The summed E-state index contributed by atoms with van der Waals surface area (Å²) < 4.78 is 14.1. The van der Waals surface area contributed by atoms with E-state index >= 15 is 0 Å². The molecule has 128 valence electrons. The van der Waals surface area contributed by atoms with Gasteiger partial charge in [0.2, 0.25) is 0 Å². The Morgan fingerprint density at radius 2 is 1.96 bits per heavy atom. The fourth-order valence-corrected chi connectivity index (χ4v) is 3.06. The van der Waals surface area contributed by atoms with Crippen LogP contribution < -0.4 is 5.32 Å². The van der Waals surface area contributed by atoms with Gasteiger partial charge in [-0.1, -0.05) is 24.7 Å².